The van der Waals surface area contributed by atoms with E-state index in [2.05, 4.69) is 13.8 Å². The van der Waals surface area contributed by atoms with Crippen LogP contribution in [-0.2, 0) is 9.59 Å². The summed E-state index contributed by atoms with van der Waals surface area (Å²) in [5.74, 6) is -1.29. The Morgan fingerprint density at radius 3 is 0.422 bits per heavy atom. The highest BCUT2D eigenvalue weighted by molar-refractivity contribution is 5.66. The number of carbonyl (C=O) groups is 2. The van der Waals surface area contributed by atoms with Crippen LogP contribution in [0.5, 0.6) is 0 Å². The second kappa shape index (κ2) is 70.7. The van der Waals surface area contributed by atoms with E-state index in [0.717, 1.165) is 25.7 Å². The molecule has 0 aromatic carbocycles. The van der Waals surface area contributed by atoms with Gasteiger partial charge in [0.05, 0.1) is 0 Å². The summed E-state index contributed by atoms with van der Waals surface area (Å²) in [7, 11) is 0. The molecule has 0 aromatic rings. The van der Waals surface area contributed by atoms with Crippen molar-refractivity contribution in [1.82, 2.24) is 0 Å². The summed E-state index contributed by atoms with van der Waals surface area (Å²) >= 11 is 0. The first-order chi connectivity index (χ1) is 44.4. The van der Waals surface area contributed by atoms with E-state index in [0.29, 0.717) is 23.7 Å². The molecule has 1 fully saturated rings. The fourth-order valence-corrected chi connectivity index (χ4v) is 16.2. The van der Waals surface area contributed by atoms with Crippen LogP contribution in [0.1, 0.15) is 528 Å². The molecule has 1 aliphatic carbocycles. The maximum Gasteiger partial charge on any atom is 0.303 e. The number of unbranched alkanes of at least 4 members (excludes halogenated alkanes) is 66. The lowest BCUT2D eigenvalue weighted by Gasteiger charge is -2.48. The van der Waals surface area contributed by atoms with E-state index in [-0.39, 0.29) is 0 Å². The largest absolute Gasteiger partial charge is 0.481 e. The molecule has 0 spiro atoms. The molecule has 2 N–H and O–H groups in total. The molecular weight excluding hydrogens is 1100 g/mol. The molecule has 1 aliphatic rings. The fourth-order valence-electron chi connectivity index (χ4n) is 16.2. The van der Waals surface area contributed by atoms with Crippen molar-refractivity contribution in [2.75, 3.05) is 0 Å². The van der Waals surface area contributed by atoms with Crippen LogP contribution < -0.4 is 0 Å². The van der Waals surface area contributed by atoms with Crippen molar-refractivity contribution in [3.8, 4) is 0 Å². The van der Waals surface area contributed by atoms with Crippen molar-refractivity contribution < 1.29 is 19.8 Å². The molecule has 0 bridgehead atoms. The second-order valence-corrected chi connectivity index (χ2v) is 31.3. The molecule has 0 saturated heterocycles. The van der Waals surface area contributed by atoms with Gasteiger partial charge in [-0.1, -0.05) is 450 Å². The van der Waals surface area contributed by atoms with E-state index in [1.807, 2.05) is 0 Å². The van der Waals surface area contributed by atoms with E-state index < -0.39 is 11.9 Å². The Morgan fingerprint density at radius 2 is 0.300 bits per heavy atom. The van der Waals surface area contributed by atoms with Crippen LogP contribution in [0, 0.1) is 10.8 Å². The van der Waals surface area contributed by atoms with Gasteiger partial charge in [-0.3, -0.25) is 9.59 Å². The lowest BCUT2D eigenvalue weighted by molar-refractivity contribution is -0.138. The summed E-state index contributed by atoms with van der Waals surface area (Å²) in [4.78, 5) is 21.4. The third kappa shape index (κ3) is 63.0. The van der Waals surface area contributed by atoms with E-state index in [4.69, 9.17) is 10.2 Å². The Kier molecular flexibility index (Phi) is 68.3. The highest BCUT2D eigenvalue weighted by atomic mass is 16.4. The first kappa shape index (κ1) is 87.0. The Morgan fingerprint density at radius 1 is 0.189 bits per heavy atom. The SMILES string of the molecule is CCCCCCCCCCCCCCCCCCC1(CCCCCCCCCCCCCCCCCC)CCC(CCCCCCCCCCCCCCCCCCCCCC(=O)O)(CCCCCCCCCCCCCCCCCCCCCC(=O)O)CC1. The molecule has 1 saturated carbocycles. The average Bonchev–Trinajstić information content (AvgIpc) is 1.56. The maximum atomic E-state index is 10.7. The van der Waals surface area contributed by atoms with Gasteiger partial charge in [-0.05, 0) is 75.0 Å². The number of aliphatic carboxylic acids is 2. The number of hydrogen-bond donors (Lipinski definition) is 2. The predicted octanol–water partition coefficient (Wildman–Crippen LogP) is 31.4. The average molecular weight is 1270 g/mol. The first-order valence-electron chi connectivity index (χ1n) is 42.8. The molecule has 0 radical (unpaired) electrons. The third-order valence-corrected chi connectivity index (χ3v) is 22.7. The van der Waals surface area contributed by atoms with Gasteiger partial charge in [0.15, 0.2) is 0 Å². The molecule has 0 unspecified atom stereocenters. The highest BCUT2D eigenvalue weighted by Crippen LogP contribution is 2.55. The van der Waals surface area contributed by atoms with Gasteiger partial charge in [-0.25, -0.2) is 0 Å². The Balaban J connectivity index is 2.60. The summed E-state index contributed by atoms with van der Waals surface area (Å²) in [5.41, 5.74) is 1.29. The van der Waals surface area contributed by atoms with E-state index >= 15 is 0 Å². The zero-order valence-electron chi connectivity index (χ0n) is 62.3. The zero-order chi connectivity index (χ0) is 64.7. The number of carboxylic acid groups (broad SMARTS) is 2. The van der Waals surface area contributed by atoms with Crippen LogP contribution in [0.15, 0.2) is 0 Å². The van der Waals surface area contributed by atoms with Gasteiger partial charge in [0, 0.05) is 12.8 Å². The van der Waals surface area contributed by atoms with Crippen LogP contribution in [0.4, 0.5) is 0 Å². The standard InChI is InChI=1S/C86H168O4/c1-3-5-7-9-11-13-15-17-19-33-39-45-51-57-63-69-75-85(76-70-64-58-52-46-40-34-20-18-16-14-12-10-8-6-4-2)79-81-86(82-80-85,77-71-65-59-53-47-41-35-29-25-21-23-27-31-37-43-49-55-61-67-73-83(87)88)78-72-66-60-54-48-42-36-30-26-22-24-28-32-38-44-50-56-62-68-74-84(89)90/h3-82H2,1-2H3,(H,87,88)(H,89,90). The van der Waals surface area contributed by atoms with Crippen molar-refractivity contribution in [3.05, 3.63) is 0 Å². The Bertz CT molecular complexity index is 1300. The van der Waals surface area contributed by atoms with Crippen molar-refractivity contribution in [2.45, 2.75) is 528 Å². The highest BCUT2D eigenvalue weighted by Gasteiger charge is 2.41. The maximum absolute atomic E-state index is 10.7. The molecule has 0 heterocycles. The summed E-state index contributed by atoms with van der Waals surface area (Å²) in [5, 5.41) is 17.6. The van der Waals surface area contributed by atoms with E-state index in [9.17, 15) is 9.59 Å². The van der Waals surface area contributed by atoms with Gasteiger partial charge in [-0.2, -0.15) is 0 Å². The van der Waals surface area contributed by atoms with E-state index in [1.165, 1.54) is 437 Å². The predicted molar refractivity (Wildman–Crippen MR) is 401 cm³/mol. The first-order valence-corrected chi connectivity index (χ1v) is 42.8. The van der Waals surface area contributed by atoms with Crippen LogP contribution in [-0.4, -0.2) is 22.2 Å². The molecule has 0 aliphatic heterocycles. The van der Waals surface area contributed by atoms with Crippen LogP contribution in [0.3, 0.4) is 0 Å². The number of carboxylic acids is 2. The minimum Gasteiger partial charge on any atom is -0.481 e. The van der Waals surface area contributed by atoms with Crippen LogP contribution >= 0.6 is 0 Å². The van der Waals surface area contributed by atoms with Gasteiger partial charge in [-0.15, -0.1) is 0 Å². The summed E-state index contributed by atoms with van der Waals surface area (Å²) in [6, 6.07) is 0. The normalized spacial score (nSPS) is 13.9. The van der Waals surface area contributed by atoms with Gasteiger partial charge in [0.25, 0.3) is 0 Å². The Hall–Kier alpha value is -1.06. The minimum atomic E-state index is -0.644. The minimum absolute atomic E-state index is 0.343. The number of rotatable bonds is 78. The van der Waals surface area contributed by atoms with Gasteiger partial charge >= 0.3 is 11.9 Å². The van der Waals surface area contributed by atoms with Crippen molar-refractivity contribution in [2.24, 2.45) is 10.8 Å². The van der Waals surface area contributed by atoms with Crippen molar-refractivity contribution in [1.29, 1.82) is 0 Å². The fraction of sp³-hybridized carbons (Fsp3) is 0.977. The van der Waals surface area contributed by atoms with Gasteiger partial charge < -0.3 is 10.2 Å². The monoisotopic (exact) mass is 1270 g/mol. The quantitative estimate of drug-likeness (QED) is 0.0595. The molecular formula is C86H168O4. The summed E-state index contributed by atoms with van der Waals surface area (Å²) in [6.45, 7) is 4.66. The molecule has 0 atom stereocenters. The molecule has 0 aromatic heterocycles. The van der Waals surface area contributed by atoms with Crippen molar-refractivity contribution >= 4 is 11.9 Å². The Labute approximate surface area is 567 Å². The van der Waals surface area contributed by atoms with Crippen LogP contribution in [0.25, 0.3) is 0 Å². The van der Waals surface area contributed by atoms with Gasteiger partial charge in [0.1, 0.15) is 0 Å². The zero-order valence-corrected chi connectivity index (χ0v) is 62.3. The van der Waals surface area contributed by atoms with Crippen molar-refractivity contribution in [3.63, 3.8) is 0 Å². The lowest BCUT2D eigenvalue weighted by atomic mass is 9.58. The summed E-state index contributed by atoms with van der Waals surface area (Å²) in [6.07, 6.45) is 112. The van der Waals surface area contributed by atoms with Crippen LogP contribution in [0.2, 0.25) is 0 Å². The second-order valence-electron chi connectivity index (χ2n) is 31.3. The molecule has 0 amide bonds. The lowest BCUT2D eigenvalue weighted by Crippen LogP contribution is -2.35. The van der Waals surface area contributed by atoms with Gasteiger partial charge in [0.2, 0.25) is 0 Å². The molecule has 4 heteroatoms. The molecule has 1 rings (SSSR count). The third-order valence-electron chi connectivity index (χ3n) is 22.7. The topological polar surface area (TPSA) is 74.6 Å². The summed E-state index contributed by atoms with van der Waals surface area (Å²) < 4.78 is 0. The number of hydrogen-bond acceptors (Lipinski definition) is 2. The molecule has 4 nitrogen and oxygen atoms in total. The molecule has 90 heavy (non-hydrogen) atoms. The molecule has 536 valence electrons. The smallest absolute Gasteiger partial charge is 0.303 e. The van der Waals surface area contributed by atoms with E-state index in [1.54, 1.807) is 38.5 Å².